The summed E-state index contributed by atoms with van der Waals surface area (Å²) in [4.78, 5) is 23.7. The Labute approximate surface area is 130 Å². The molecule has 0 fully saturated rings. The topological polar surface area (TPSA) is 56.0 Å². The highest BCUT2D eigenvalue weighted by molar-refractivity contribution is 5.73. The van der Waals surface area contributed by atoms with Crippen LogP contribution in [0.25, 0.3) is 5.69 Å². The fourth-order valence-corrected chi connectivity index (χ4v) is 2.69. The molecule has 5 nitrogen and oxygen atoms in total. The second kappa shape index (κ2) is 5.83. The number of aromatic nitrogens is 2. The minimum Gasteiger partial charge on any atom is -0.323 e. The summed E-state index contributed by atoms with van der Waals surface area (Å²) in [6.07, 6.45) is 0.561. The first-order valence-corrected chi connectivity index (χ1v) is 7.42. The van der Waals surface area contributed by atoms with Crippen molar-refractivity contribution in [2.45, 2.75) is 46.1 Å². The molecule has 0 aliphatic rings. The van der Waals surface area contributed by atoms with E-state index < -0.39 is 0 Å². The molecule has 5 heteroatoms. The van der Waals surface area contributed by atoms with E-state index in [0.29, 0.717) is 12.1 Å². The van der Waals surface area contributed by atoms with E-state index >= 15 is 0 Å². The number of nitrogens with zero attached hydrogens (tertiary/aromatic N) is 2. The van der Waals surface area contributed by atoms with Crippen molar-refractivity contribution in [3.05, 3.63) is 46.4 Å². The molecule has 0 aliphatic heterocycles. The van der Waals surface area contributed by atoms with Crippen molar-refractivity contribution in [3.8, 4) is 5.69 Å². The van der Waals surface area contributed by atoms with Gasteiger partial charge in [0.1, 0.15) is 5.69 Å². The van der Waals surface area contributed by atoms with Gasteiger partial charge in [0.15, 0.2) is 0 Å². The zero-order valence-electron chi connectivity index (χ0n) is 13.8. The number of hydrogen-bond donors (Lipinski definition) is 1. The molecule has 118 valence electrons. The lowest BCUT2D eigenvalue weighted by Crippen LogP contribution is -2.26. The van der Waals surface area contributed by atoms with Gasteiger partial charge < -0.3 is 5.32 Å². The van der Waals surface area contributed by atoms with Crippen molar-refractivity contribution in [3.63, 3.8) is 0 Å². The van der Waals surface area contributed by atoms with Crippen molar-refractivity contribution in [2.75, 3.05) is 5.32 Å². The summed E-state index contributed by atoms with van der Waals surface area (Å²) in [6, 6.07) is 9.69. The minimum absolute atomic E-state index is 0.0315. The SMILES string of the molecule is CC(C)n1c(=O)c(NC=O)c(C(C)(C)C)n1-c1ccccc1. The summed E-state index contributed by atoms with van der Waals surface area (Å²) >= 11 is 0. The van der Waals surface area contributed by atoms with Gasteiger partial charge in [0, 0.05) is 11.5 Å². The van der Waals surface area contributed by atoms with Crippen LogP contribution in [0.5, 0.6) is 0 Å². The van der Waals surface area contributed by atoms with Crippen LogP contribution in [0.4, 0.5) is 5.69 Å². The quantitative estimate of drug-likeness (QED) is 0.882. The van der Waals surface area contributed by atoms with Crippen LogP contribution < -0.4 is 10.9 Å². The molecule has 1 heterocycles. The van der Waals surface area contributed by atoms with Crippen LogP contribution in [0.2, 0.25) is 0 Å². The smallest absolute Gasteiger partial charge is 0.291 e. The van der Waals surface area contributed by atoms with Crippen LogP contribution >= 0.6 is 0 Å². The van der Waals surface area contributed by atoms with Gasteiger partial charge in [0.05, 0.1) is 11.4 Å². The van der Waals surface area contributed by atoms with Gasteiger partial charge in [-0.15, -0.1) is 0 Å². The second-order valence-corrected chi connectivity index (χ2v) is 6.63. The van der Waals surface area contributed by atoms with Crippen LogP contribution in [-0.4, -0.2) is 15.8 Å². The number of para-hydroxylation sites is 1. The van der Waals surface area contributed by atoms with Crippen LogP contribution in [0, 0.1) is 0 Å². The Kier molecular flexibility index (Phi) is 4.26. The van der Waals surface area contributed by atoms with Crippen molar-refractivity contribution in [1.29, 1.82) is 0 Å². The van der Waals surface area contributed by atoms with Crippen molar-refractivity contribution in [1.82, 2.24) is 9.36 Å². The first kappa shape index (κ1) is 16.1. The van der Waals surface area contributed by atoms with Crippen LogP contribution in [0.1, 0.15) is 46.4 Å². The highest BCUT2D eigenvalue weighted by Crippen LogP contribution is 2.31. The number of amides is 1. The molecule has 2 rings (SSSR count). The maximum Gasteiger partial charge on any atom is 0.291 e. The molecule has 0 saturated carbocycles. The van der Waals surface area contributed by atoms with E-state index in [2.05, 4.69) is 5.32 Å². The molecule has 0 spiro atoms. The molecular formula is C17H23N3O2. The zero-order chi connectivity index (χ0) is 16.5. The molecule has 22 heavy (non-hydrogen) atoms. The van der Waals surface area contributed by atoms with Crippen LogP contribution in [-0.2, 0) is 10.2 Å². The van der Waals surface area contributed by atoms with E-state index in [4.69, 9.17) is 0 Å². The molecule has 1 amide bonds. The monoisotopic (exact) mass is 301 g/mol. The van der Waals surface area contributed by atoms with E-state index in [0.717, 1.165) is 11.4 Å². The van der Waals surface area contributed by atoms with E-state index in [1.807, 2.05) is 69.6 Å². The molecular weight excluding hydrogens is 278 g/mol. The largest absolute Gasteiger partial charge is 0.323 e. The van der Waals surface area contributed by atoms with Crippen molar-refractivity contribution in [2.24, 2.45) is 0 Å². The van der Waals surface area contributed by atoms with E-state index in [1.54, 1.807) is 4.68 Å². The van der Waals surface area contributed by atoms with Gasteiger partial charge >= 0.3 is 0 Å². The lowest BCUT2D eigenvalue weighted by Gasteiger charge is -2.25. The Morgan fingerprint density at radius 3 is 2.18 bits per heavy atom. The Morgan fingerprint density at radius 2 is 1.73 bits per heavy atom. The summed E-state index contributed by atoms with van der Waals surface area (Å²) in [5, 5.41) is 2.60. The molecule has 1 N–H and O–H groups in total. The van der Waals surface area contributed by atoms with Gasteiger partial charge in [-0.05, 0) is 26.0 Å². The summed E-state index contributed by atoms with van der Waals surface area (Å²) in [6.45, 7) is 10.0. The first-order valence-electron chi connectivity index (χ1n) is 7.42. The highest BCUT2D eigenvalue weighted by atomic mass is 16.1. The third-order valence-corrected chi connectivity index (χ3v) is 3.49. The number of benzene rings is 1. The van der Waals surface area contributed by atoms with Crippen molar-refractivity contribution >= 4 is 12.1 Å². The highest BCUT2D eigenvalue weighted by Gasteiger charge is 2.30. The molecule has 0 bridgehead atoms. The Morgan fingerprint density at radius 1 is 1.14 bits per heavy atom. The Balaban J connectivity index is 2.93. The van der Waals surface area contributed by atoms with Gasteiger partial charge in [-0.3, -0.25) is 14.3 Å². The van der Waals surface area contributed by atoms with E-state index in [1.165, 1.54) is 0 Å². The first-order chi connectivity index (χ1) is 10.3. The molecule has 0 saturated heterocycles. The minimum atomic E-state index is -0.305. The Bertz CT molecular complexity index is 719. The zero-order valence-corrected chi connectivity index (χ0v) is 13.8. The summed E-state index contributed by atoms with van der Waals surface area (Å²) in [5.74, 6) is 0. The van der Waals surface area contributed by atoms with Crippen LogP contribution in [0.15, 0.2) is 35.1 Å². The fourth-order valence-electron chi connectivity index (χ4n) is 2.69. The molecule has 1 aromatic carbocycles. The molecule has 0 radical (unpaired) electrons. The van der Waals surface area contributed by atoms with Gasteiger partial charge in [-0.2, -0.15) is 0 Å². The molecule has 2 aromatic rings. The number of carbonyl (C=O) groups excluding carboxylic acids is 1. The average Bonchev–Trinajstić information content (AvgIpc) is 2.73. The molecule has 0 aliphatic carbocycles. The lowest BCUT2D eigenvalue weighted by molar-refractivity contribution is -0.105. The van der Waals surface area contributed by atoms with E-state index in [9.17, 15) is 9.59 Å². The van der Waals surface area contributed by atoms with Gasteiger partial charge in [0.25, 0.3) is 5.56 Å². The average molecular weight is 301 g/mol. The van der Waals surface area contributed by atoms with Crippen molar-refractivity contribution < 1.29 is 4.79 Å². The third kappa shape index (κ3) is 2.71. The van der Waals surface area contributed by atoms with Crippen LogP contribution in [0.3, 0.4) is 0 Å². The fraction of sp³-hybridized carbons (Fsp3) is 0.412. The second-order valence-electron chi connectivity index (χ2n) is 6.63. The number of nitrogens with one attached hydrogen (secondary N) is 1. The lowest BCUT2D eigenvalue weighted by atomic mass is 9.91. The summed E-state index contributed by atoms with van der Waals surface area (Å²) < 4.78 is 3.60. The number of hydrogen-bond acceptors (Lipinski definition) is 2. The van der Waals surface area contributed by atoms with Gasteiger partial charge in [0.2, 0.25) is 6.41 Å². The standard InChI is InChI=1S/C17H23N3O2/c1-12(2)19-16(22)14(18-11-21)15(17(3,4)5)20(19)13-9-7-6-8-10-13/h6-12H,1-5H3,(H,18,21). The van der Waals surface area contributed by atoms with Gasteiger partial charge in [-0.1, -0.05) is 39.0 Å². The normalized spacial score (nSPS) is 11.7. The third-order valence-electron chi connectivity index (χ3n) is 3.49. The molecule has 1 aromatic heterocycles. The number of carbonyl (C=O) groups is 1. The van der Waals surface area contributed by atoms with E-state index in [-0.39, 0.29) is 17.0 Å². The summed E-state index contributed by atoms with van der Waals surface area (Å²) in [5.41, 5.74) is 1.55. The molecule has 0 atom stereocenters. The van der Waals surface area contributed by atoms with Gasteiger partial charge in [-0.25, -0.2) is 4.68 Å². The number of anilines is 1. The predicted molar refractivity (Wildman–Crippen MR) is 88.8 cm³/mol. The Hall–Kier alpha value is -2.30. The molecule has 0 unspecified atom stereocenters. The maximum absolute atomic E-state index is 12.8. The summed E-state index contributed by atoms with van der Waals surface area (Å²) in [7, 11) is 0. The predicted octanol–water partition coefficient (Wildman–Crippen LogP) is 3.09. The number of rotatable bonds is 4. The maximum atomic E-state index is 12.8.